The van der Waals surface area contributed by atoms with Crippen LogP contribution in [0.1, 0.15) is 50.8 Å². The van der Waals surface area contributed by atoms with Crippen molar-refractivity contribution in [2.24, 2.45) is 11.8 Å². The standard InChI is InChI=1S/C14H26N6/c1-3-6-20-13(9-16-18-20)14(17-15)10-7-11-4-5-12(8-10)19(11)2/h9-12,14,17H,3-8,15H2,1-2H3. The Kier molecular flexibility index (Phi) is 4.05. The lowest BCUT2D eigenvalue weighted by atomic mass is 9.84. The van der Waals surface area contributed by atoms with Gasteiger partial charge < -0.3 is 4.90 Å². The van der Waals surface area contributed by atoms with Crippen LogP contribution in [0.2, 0.25) is 0 Å². The van der Waals surface area contributed by atoms with Crippen LogP contribution in [-0.2, 0) is 6.54 Å². The second-order valence-corrected chi connectivity index (χ2v) is 6.31. The zero-order valence-corrected chi connectivity index (χ0v) is 12.5. The molecule has 0 amide bonds. The van der Waals surface area contributed by atoms with Gasteiger partial charge in [-0.05, 0) is 45.1 Å². The van der Waals surface area contributed by atoms with Crippen molar-refractivity contribution >= 4 is 0 Å². The maximum atomic E-state index is 5.87. The van der Waals surface area contributed by atoms with Gasteiger partial charge in [0.15, 0.2) is 0 Å². The van der Waals surface area contributed by atoms with E-state index in [2.05, 4.69) is 34.6 Å². The first-order valence-electron chi connectivity index (χ1n) is 7.81. The molecule has 0 radical (unpaired) electrons. The molecule has 20 heavy (non-hydrogen) atoms. The van der Waals surface area contributed by atoms with E-state index in [0.717, 1.165) is 30.7 Å². The molecule has 3 rings (SSSR count). The van der Waals surface area contributed by atoms with E-state index in [1.165, 1.54) is 25.7 Å². The lowest BCUT2D eigenvalue weighted by molar-refractivity contribution is 0.110. The second kappa shape index (κ2) is 5.79. The molecule has 0 saturated carbocycles. The van der Waals surface area contributed by atoms with Gasteiger partial charge in [-0.3, -0.25) is 11.3 Å². The second-order valence-electron chi connectivity index (χ2n) is 6.31. The number of aromatic nitrogens is 3. The summed E-state index contributed by atoms with van der Waals surface area (Å²) in [7, 11) is 2.27. The third-order valence-electron chi connectivity index (χ3n) is 5.19. The largest absolute Gasteiger partial charge is 0.300 e. The van der Waals surface area contributed by atoms with E-state index in [0.29, 0.717) is 5.92 Å². The topological polar surface area (TPSA) is 72.0 Å². The van der Waals surface area contributed by atoms with Crippen molar-refractivity contribution < 1.29 is 0 Å². The number of aryl methyl sites for hydroxylation is 1. The fourth-order valence-corrected chi connectivity index (χ4v) is 4.08. The molecule has 2 aliphatic rings. The van der Waals surface area contributed by atoms with Crippen LogP contribution in [0.5, 0.6) is 0 Å². The molecule has 112 valence electrons. The summed E-state index contributed by atoms with van der Waals surface area (Å²) in [6, 6.07) is 1.63. The first-order chi connectivity index (χ1) is 9.74. The van der Waals surface area contributed by atoms with Crippen molar-refractivity contribution in [3.05, 3.63) is 11.9 Å². The number of fused-ring (bicyclic) bond motifs is 2. The molecule has 1 aromatic heterocycles. The predicted molar refractivity (Wildman–Crippen MR) is 77.7 cm³/mol. The van der Waals surface area contributed by atoms with Crippen molar-refractivity contribution in [3.8, 4) is 0 Å². The molecule has 2 aliphatic heterocycles. The van der Waals surface area contributed by atoms with Crippen LogP contribution in [0.4, 0.5) is 0 Å². The minimum absolute atomic E-state index is 0.174. The minimum atomic E-state index is 0.174. The quantitative estimate of drug-likeness (QED) is 0.622. The predicted octanol–water partition coefficient (Wildman–Crippen LogP) is 1.07. The lowest BCUT2D eigenvalue weighted by Crippen LogP contribution is -2.45. The summed E-state index contributed by atoms with van der Waals surface area (Å²) in [6.07, 6.45) is 8.05. The molecule has 3 atom stereocenters. The molecule has 0 spiro atoms. The number of hydrazine groups is 1. The van der Waals surface area contributed by atoms with Gasteiger partial charge in [0.25, 0.3) is 0 Å². The number of hydrogen-bond acceptors (Lipinski definition) is 5. The van der Waals surface area contributed by atoms with E-state index in [1.54, 1.807) is 0 Å². The highest BCUT2D eigenvalue weighted by Gasteiger charge is 2.41. The number of piperidine rings is 1. The Balaban J connectivity index is 1.78. The molecule has 1 aromatic rings. The molecule has 3 unspecified atom stereocenters. The molecule has 3 heterocycles. The van der Waals surface area contributed by atoms with Crippen LogP contribution in [0.15, 0.2) is 6.20 Å². The average molecular weight is 278 g/mol. The summed E-state index contributed by atoms with van der Waals surface area (Å²) in [5.41, 5.74) is 4.18. The van der Waals surface area contributed by atoms with Crippen LogP contribution in [0, 0.1) is 5.92 Å². The molecule has 3 N–H and O–H groups in total. The van der Waals surface area contributed by atoms with Gasteiger partial charge in [0.05, 0.1) is 17.9 Å². The van der Waals surface area contributed by atoms with Crippen molar-refractivity contribution in [2.75, 3.05) is 7.05 Å². The Labute approximate surface area is 120 Å². The van der Waals surface area contributed by atoms with E-state index in [1.807, 2.05) is 10.9 Å². The summed E-state index contributed by atoms with van der Waals surface area (Å²) >= 11 is 0. The maximum Gasteiger partial charge on any atom is 0.0772 e. The van der Waals surface area contributed by atoms with Gasteiger partial charge in [0, 0.05) is 18.6 Å². The highest BCUT2D eigenvalue weighted by molar-refractivity contribution is 5.07. The van der Waals surface area contributed by atoms with E-state index < -0.39 is 0 Å². The summed E-state index contributed by atoms with van der Waals surface area (Å²) in [4.78, 5) is 2.56. The van der Waals surface area contributed by atoms with Crippen molar-refractivity contribution in [1.29, 1.82) is 0 Å². The summed E-state index contributed by atoms with van der Waals surface area (Å²) in [5, 5.41) is 8.28. The van der Waals surface area contributed by atoms with Gasteiger partial charge >= 0.3 is 0 Å². The Morgan fingerprint density at radius 3 is 2.70 bits per heavy atom. The van der Waals surface area contributed by atoms with E-state index in [-0.39, 0.29) is 6.04 Å². The molecule has 6 nitrogen and oxygen atoms in total. The fraction of sp³-hybridized carbons (Fsp3) is 0.857. The van der Waals surface area contributed by atoms with Gasteiger partial charge in [-0.25, -0.2) is 4.68 Å². The Morgan fingerprint density at radius 2 is 2.10 bits per heavy atom. The number of nitrogens with one attached hydrogen (secondary N) is 1. The van der Waals surface area contributed by atoms with Crippen molar-refractivity contribution in [3.63, 3.8) is 0 Å². The summed E-state index contributed by atoms with van der Waals surface area (Å²) < 4.78 is 2.00. The monoisotopic (exact) mass is 278 g/mol. The fourth-order valence-electron chi connectivity index (χ4n) is 4.08. The number of nitrogens with two attached hydrogens (primary N) is 1. The van der Waals surface area contributed by atoms with Gasteiger partial charge in [0.2, 0.25) is 0 Å². The highest BCUT2D eigenvalue weighted by Crippen LogP contribution is 2.42. The zero-order valence-electron chi connectivity index (χ0n) is 12.5. The van der Waals surface area contributed by atoms with E-state index in [4.69, 9.17) is 5.84 Å². The van der Waals surface area contributed by atoms with Crippen molar-refractivity contribution in [2.45, 2.75) is 63.7 Å². The minimum Gasteiger partial charge on any atom is -0.300 e. The van der Waals surface area contributed by atoms with Crippen LogP contribution in [-0.4, -0.2) is 39.0 Å². The third-order valence-corrected chi connectivity index (χ3v) is 5.19. The first-order valence-corrected chi connectivity index (χ1v) is 7.81. The van der Waals surface area contributed by atoms with Gasteiger partial charge in [0.1, 0.15) is 0 Å². The van der Waals surface area contributed by atoms with Gasteiger partial charge in [-0.1, -0.05) is 12.1 Å². The highest BCUT2D eigenvalue weighted by atomic mass is 15.4. The zero-order chi connectivity index (χ0) is 14.1. The summed E-state index contributed by atoms with van der Waals surface area (Å²) in [6.45, 7) is 3.07. The van der Waals surface area contributed by atoms with Crippen LogP contribution < -0.4 is 11.3 Å². The first kappa shape index (κ1) is 14.0. The molecule has 0 aromatic carbocycles. The maximum absolute atomic E-state index is 5.87. The van der Waals surface area contributed by atoms with Gasteiger partial charge in [-0.15, -0.1) is 5.10 Å². The normalized spacial score (nSPS) is 31.6. The smallest absolute Gasteiger partial charge is 0.0772 e. The molecule has 0 aliphatic carbocycles. The Morgan fingerprint density at radius 1 is 1.40 bits per heavy atom. The van der Waals surface area contributed by atoms with E-state index in [9.17, 15) is 0 Å². The Hall–Kier alpha value is -0.980. The summed E-state index contributed by atoms with van der Waals surface area (Å²) in [5.74, 6) is 6.46. The van der Waals surface area contributed by atoms with Crippen molar-refractivity contribution in [1.82, 2.24) is 25.3 Å². The van der Waals surface area contributed by atoms with Crippen LogP contribution in [0.25, 0.3) is 0 Å². The van der Waals surface area contributed by atoms with Gasteiger partial charge in [-0.2, -0.15) is 0 Å². The lowest BCUT2D eigenvalue weighted by Gasteiger charge is -2.39. The van der Waals surface area contributed by atoms with E-state index >= 15 is 0 Å². The Bertz CT molecular complexity index is 431. The number of hydrogen-bond donors (Lipinski definition) is 2. The molecule has 2 fully saturated rings. The molecule has 2 saturated heterocycles. The number of nitrogens with zero attached hydrogens (tertiary/aromatic N) is 4. The average Bonchev–Trinajstić information content (AvgIpc) is 2.94. The number of rotatable bonds is 5. The molecule has 2 bridgehead atoms. The molecular weight excluding hydrogens is 252 g/mol. The van der Waals surface area contributed by atoms with Crippen LogP contribution in [0.3, 0.4) is 0 Å². The molecule has 6 heteroatoms. The SMILES string of the molecule is CCCn1nncc1C(NN)C1CC2CCC(C1)N2C. The van der Waals surface area contributed by atoms with Crippen LogP contribution >= 0.6 is 0 Å². The molecular formula is C14H26N6. The third kappa shape index (κ3) is 2.36.